The largest absolute Gasteiger partial charge is 0.494 e. The molecular formula is C26H26N6O2. The molecule has 2 aromatic heterocycles. The van der Waals surface area contributed by atoms with E-state index in [0.29, 0.717) is 38.5 Å². The van der Waals surface area contributed by atoms with Gasteiger partial charge in [0.15, 0.2) is 5.82 Å². The number of H-pyrrole nitrogens is 1. The first-order valence-electron chi connectivity index (χ1n) is 11.4. The van der Waals surface area contributed by atoms with Crippen LogP contribution in [0.4, 0.5) is 5.82 Å². The van der Waals surface area contributed by atoms with E-state index in [2.05, 4.69) is 25.3 Å². The van der Waals surface area contributed by atoms with Gasteiger partial charge in [0.25, 0.3) is 5.91 Å². The normalized spacial score (nSPS) is 13.7. The highest BCUT2D eigenvalue weighted by Gasteiger charge is 2.24. The third kappa shape index (κ3) is 4.61. The lowest BCUT2D eigenvalue weighted by molar-refractivity contribution is 0.0740. The zero-order valence-electron chi connectivity index (χ0n) is 19.0. The molecule has 1 saturated heterocycles. The molecule has 0 unspecified atom stereocenters. The van der Waals surface area contributed by atoms with E-state index >= 15 is 0 Å². The van der Waals surface area contributed by atoms with Crippen LogP contribution in [-0.2, 0) is 0 Å². The van der Waals surface area contributed by atoms with Gasteiger partial charge in [-0.1, -0.05) is 30.3 Å². The number of nitrogens with one attached hydrogen (secondary N) is 1. The van der Waals surface area contributed by atoms with Crippen LogP contribution in [-0.4, -0.2) is 64.0 Å². The molecule has 0 aliphatic carbocycles. The highest BCUT2D eigenvalue weighted by molar-refractivity contribution is 5.93. The number of amides is 1. The van der Waals surface area contributed by atoms with Crippen molar-refractivity contribution in [2.24, 2.45) is 0 Å². The van der Waals surface area contributed by atoms with Gasteiger partial charge in [0.05, 0.1) is 18.0 Å². The Hall–Kier alpha value is -4.20. The first-order valence-corrected chi connectivity index (χ1v) is 11.4. The first kappa shape index (κ1) is 21.6. The van der Waals surface area contributed by atoms with E-state index in [9.17, 15) is 4.79 Å². The van der Waals surface area contributed by atoms with E-state index in [1.165, 1.54) is 0 Å². The molecule has 8 nitrogen and oxygen atoms in total. The van der Waals surface area contributed by atoms with Crippen molar-refractivity contribution in [3.63, 3.8) is 0 Å². The second-order valence-corrected chi connectivity index (χ2v) is 8.05. The number of benzene rings is 2. The zero-order valence-corrected chi connectivity index (χ0v) is 19.0. The minimum Gasteiger partial charge on any atom is -0.494 e. The van der Waals surface area contributed by atoms with Gasteiger partial charge in [-0.15, -0.1) is 10.2 Å². The Morgan fingerprint density at radius 2 is 1.62 bits per heavy atom. The van der Waals surface area contributed by atoms with Gasteiger partial charge in [0, 0.05) is 37.3 Å². The van der Waals surface area contributed by atoms with Crippen LogP contribution in [0.2, 0.25) is 0 Å². The molecule has 172 valence electrons. The lowest BCUT2D eigenvalue weighted by Gasteiger charge is -2.34. The summed E-state index contributed by atoms with van der Waals surface area (Å²) in [6.07, 6.45) is 0. The molecule has 0 spiro atoms. The Morgan fingerprint density at radius 3 is 2.29 bits per heavy atom. The average molecular weight is 455 g/mol. The van der Waals surface area contributed by atoms with Crippen molar-refractivity contribution in [3.8, 4) is 28.3 Å². The summed E-state index contributed by atoms with van der Waals surface area (Å²) in [7, 11) is 0. The predicted molar refractivity (Wildman–Crippen MR) is 131 cm³/mol. The number of rotatable bonds is 6. The Morgan fingerprint density at radius 1 is 0.882 bits per heavy atom. The molecule has 0 bridgehead atoms. The monoisotopic (exact) mass is 454 g/mol. The molecule has 3 heterocycles. The summed E-state index contributed by atoms with van der Waals surface area (Å²) in [5.41, 5.74) is 4.06. The predicted octanol–water partition coefficient (Wildman–Crippen LogP) is 3.89. The number of hydrogen-bond donors (Lipinski definition) is 1. The summed E-state index contributed by atoms with van der Waals surface area (Å²) in [5.74, 6) is 1.62. The summed E-state index contributed by atoms with van der Waals surface area (Å²) in [6, 6.07) is 23.4. The van der Waals surface area contributed by atoms with E-state index in [-0.39, 0.29) is 5.91 Å². The Labute approximate surface area is 198 Å². The highest BCUT2D eigenvalue weighted by Crippen LogP contribution is 2.23. The van der Waals surface area contributed by atoms with Gasteiger partial charge in [-0.3, -0.25) is 9.89 Å². The average Bonchev–Trinajstić information content (AvgIpc) is 3.40. The molecule has 1 N–H and O–H groups in total. The van der Waals surface area contributed by atoms with Crippen molar-refractivity contribution in [1.29, 1.82) is 0 Å². The van der Waals surface area contributed by atoms with E-state index in [1.807, 2.05) is 84.6 Å². The maximum absolute atomic E-state index is 13.0. The number of piperazine rings is 1. The van der Waals surface area contributed by atoms with Crippen molar-refractivity contribution in [2.75, 3.05) is 37.7 Å². The molecule has 0 atom stereocenters. The Kier molecular flexibility index (Phi) is 6.20. The second kappa shape index (κ2) is 9.74. The van der Waals surface area contributed by atoms with Crippen LogP contribution in [0.1, 0.15) is 17.4 Å². The van der Waals surface area contributed by atoms with Gasteiger partial charge >= 0.3 is 0 Å². The van der Waals surface area contributed by atoms with Gasteiger partial charge in [0.1, 0.15) is 11.4 Å². The van der Waals surface area contributed by atoms with E-state index < -0.39 is 0 Å². The zero-order chi connectivity index (χ0) is 23.3. The third-order valence-electron chi connectivity index (χ3n) is 5.88. The quantitative estimate of drug-likeness (QED) is 0.476. The summed E-state index contributed by atoms with van der Waals surface area (Å²) in [6.45, 7) is 5.23. The van der Waals surface area contributed by atoms with Crippen molar-refractivity contribution in [3.05, 3.63) is 78.5 Å². The fraction of sp³-hybridized carbons (Fsp3) is 0.231. The van der Waals surface area contributed by atoms with Crippen molar-refractivity contribution in [1.82, 2.24) is 25.3 Å². The molecule has 1 amide bonds. The Balaban J connectivity index is 1.19. The lowest BCUT2D eigenvalue weighted by Crippen LogP contribution is -2.49. The summed E-state index contributed by atoms with van der Waals surface area (Å²) >= 11 is 0. The number of aromatic nitrogens is 4. The van der Waals surface area contributed by atoms with Crippen molar-refractivity contribution >= 4 is 11.7 Å². The van der Waals surface area contributed by atoms with Crippen LogP contribution in [0.3, 0.4) is 0 Å². The molecule has 8 heteroatoms. The maximum Gasteiger partial charge on any atom is 0.272 e. The molecule has 0 saturated carbocycles. The molecule has 0 radical (unpaired) electrons. The van der Waals surface area contributed by atoms with E-state index in [1.54, 1.807) is 0 Å². The van der Waals surface area contributed by atoms with Gasteiger partial charge < -0.3 is 14.5 Å². The molecule has 1 fully saturated rings. The molecule has 4 aromatic rings. The number of hydrogen-bond acceptors (Lipinski definition) is 6. The maximum atomic E-state index is 13.0. The highest BCUT2D eigenvalue weighted by atomic mass is 16.5. The van der Waals surface area contributed by atoms with Crippen LogP contribution in [0.15, 0.2) is 72.8 Å². The number of ether oxygens (including phenoxy) is 1. The topological polar surface area (TPSA) is 87.2 Å². The van der Waals surface area contributed by atoms with Crippen LogP contribution in [0.25, 0.3) is 22.5 Å². The van der Waals surface area contributed by atoms with Gasteiger partial charge in [-0.2, -0.15) is 5.10 Å². The van der Waals surface area contributed by atoms with E-state index in [0.717, 1.165) is 34.1 Å². The standard InChI is InChI=1S/C26H26N6O2/c1-2-34-21-10-8-20(9-11-21)22-12-13-25(30-27-22)31-14-16-32(17-15-31)26(33)24-18-23(28-29-24)19-6-4-3-5-7-19/h3-13,18H,2,14-17H2,1H3,(H,28,29). The number of nitrogens with zero attached hydrogens (tertiary/aromatic N) is 5. The minimum atomic E-state index is -0.0359. The molecular weight excluding hydrogens is 428 g/mol. The summed E-state index contributed by atoms with van der Waals surface area (Å²) < 4.78 is 5.49. The van der Waals surface area contributed by atoms with Gasteiger partial charge in [0.2, 0.25) is 0 Å². The summed E-state index contributed by atoms with van der Waals surface area (Å²) in [4.78, 5) is 17.0. The van der Waals surface area contributed by atoms with Crippen molar-refractivity contribution < 1.29 is 9.53 Å². The van der Waals surface area contributed by atoms with E-state index in [4.69, 9.17) is 4.74 Å². The van der Waals surface area contributed by atoms with Crippen molar-refractivity contribution in [2.45, 2.75) is 6.92 Å². The lowest BCUT2D eigenvalue weighted by atomic mass is 10.1. The fourth-order valence-corrected chi connectivity index (χ4v) is 4.03. The van der Waals surface area contributed by atoms with Crippen LogP contribution < -0.4 is 9.64 Å². The number of carbonyl (C=O) groups excluding carboxylic acids is 1. The second-order valence-electron chi connectivity index (χ2n) is 8.05. The SMILES string of the molecule is CCOc1ccc(-c2ccc(N3CCN(C(=O)c4cc(-c5ccccc5)n[nH]4)CC3)nn2)cc1. The number of carbonyl (C=O) groups is 1. The van der Waals surface area contributed by atoms with Crippen LogP contribution in [0.5, 0.6) is 5.75 Å². The number of aromatic amines is 1. The first-order chi connectivity index (χ1) is 16.7. The van der Waals surface area contributed by atoms with Gasteiger partial charge in [-0.05, 0) is 49.4 Å². The fourth-order valence-electron chi connectivity index (χ4n) is 4.03. The van der Waals surface area contributed by atoms with Crippen LogP contribution in [0, 0.1) is 0 Å². The van der Waals surface area contributed by atoms with Gasteiger partial charge in [-0.25, -0.2) is 0 Å². The molecule has 1 aliphatic rings. The third-order valence-corrected chi connectivity index (χ3v) is 5.88. The van der Waals surface area contributed by atoms with Crippen LogP contribution >= 0.6 is 0 Å². The molecule has 1 aliphatic heterocycles. The minimum absolute atomic E-state index is 0.0359. The smallest absolute Gasteiger partial charge is 0.272 e. The Bertz CT molecular complexity index is 1230. The molecule has 2 aromatic carbocycles. The number of anilines is 1. The molecule has 34 heavy (non-hydrogen) atoms. The molecule has 5 rings (SSSR count). The summed E-state index contributed by atoms with van der Waals surface area (Å²) in [5, 5.41) is 16.0.